The monoisotopic (exact) mass is 505 g/mol. The van der Waals surface area contributed by atoms with Crippen molar-refractivity contribution in [1.29, 1.82) is 0 Å². The third-order valence-electron chi connectivity index (χ3n) is 11.4. The van der Waals surface area contributed by atoms with Crippen LogP contribution < -0.4 is 4.57 Å². The van der Waals surface area contributed by atoms with Crippen molar-refractivity contribution in [1.82, 2.24) is 4.40 Å². The Kier molecular flexibility index (Phi) is 3.76. The molecule has 4 bridgehead atoms. The number of pyridine rings is 2. The second-order valence-corrected chi connectivity index (χ2v) is 13.6. The van der Waals surface area contributed by atoms with Gasteiger partial charge in [0.05, 0.1) is 27.3 Å². The van der Waals surface area contributed by atoms with Gasteiger partial charge < -0.3 is 4.40 Å². The highest BCUT2D eigenvalue weighted by Gasteiger charge is 2.52. The summed E-state index contributed by atoms with van der Waals surface area (Å²) >= 11 is 0. The fourth-order valence-corrected chi connectivity index (χ4v) is 10.4. The molecule has 3 aromatic heterocycles. The lowest BCUT2D eigenvalue weighted by molar-refractivity contribution is -0.643. The molecule has 4 fully saturated rings. The van der Waals surface area contributed by atoms with Gasteiger partial charge >= 0.3 is 0 Å². The Morgan fingerprint density at radius 2 is 1.41 bits per heavy atom. The van der Waals surface area contributed by atoms with Crippen LogP contribution >= 0.6 is 0 Å². The lowest BCUT2D eigenvalue weighted by Crippen LogP contribution is -2.48. The Labute approximate surface area is 228 Å². The summed E-state index contributed by atoms with van der Waals surface area (Å²) in [5.41, 5.74) is 8.92. The van der Waals surface area contributed by atoms with E-state index in [0.29, 0.717) is 5.41 Å². The Bertz CT molecular complexity index is 2140. The van der Waals surface area contributed by atoms with E-state index in [1.54, 1.807) is 10.9 Å². The molecule has 0 amide bonds. The predicted molar refractivity (Wildman–Crippen MR) is 162 cm³/mol. The van der Waals surface area contributed by atoms with Crippen molar-refractivity contribution in [3.63, 3.8) is 0 Å². The highest BCUT2D eigenvalue weighted by molar-refractivity contribution is 6.29. The maximum absolute atomic E-state index is 2.66. The molecule has 0 radical (unpaired) electrons. The molecule has 0 aliphatic heterocycles. The van der Waals surface area contributed by atoms with Crippen LogP contribution in [0.25, 0.3) is 59.8 Å². The van der Waals surface area contributed by atoms with E-state index < -0.39 is 0 Å². The predicted octanol–water partition coefficient (Wildman–Crippen LogP) is 8.74. The Morgan fingerprint density at radius 3 is 2.18 bits per heavy atom. The molecule has 0 N–H and O–H groups in total. The maximum Gasteiger partial charge on any atom is 0.224 e. The van der Waals surface area contributed by atoms with E-state index in [2.05, 4.69) is 95.9 Å². The van der Waals surface area contributed by atoms with Crippen LogP contribution in [0.1, 0.15) is 49.7 Å². The van der Waals surface area contributed by atoms with Crippen LogP contribution in [0, 0.1) is 24.7 Å². The molecular formula is C37H33N2+. The highest BCUT2D eigenvalue weighted by atomic mass is 15.0. The molecule has 190 valence electrons. The highest BCUT2D eigenvalue weighted by Crippen LogP contribution is 2.62. The minimum absolute atomic E-state index is 0.343. The standard InChI is InChI=1S/C37H33N2/c1-21-27-8-4-3-7-25(27)17-31-32(21)35-33-26(11-12-38(35)2)16-29(34-28-9-5-6-10-30(28)39(31)36(33)34)37-18-22-13-23(19-37)15-24(14-22)20-37/h3-12,16-17,22-24H,13-15,18-20H2,1-2H3/q+1. The van der Waals surface area contributed by atoms with E-state index in [1.165, 1.54) is 98.5 Å². The Hall–Kier alpha value is -3.65. The Morgan fingerprint density at radius 1 is 0.718 bits per heavy atom. The van der Waals surface area contributed by atoms with E-state index in [0.717, 1.165) is 17.8 Å². The normalized spacial score (nSPS) is 26.5. The smallest absolute Gasteiger partial charge is 0.224 e. The zero-order chi connectivity index (χ0) is 25.6. The first-order chi connectivity index (χ1) is 19.1. The second-order valence-electron chi connectivity index (χ2n) is 13.6. The third kappa shape index (κ3) is 2.48. The minimum Gasteiger partial charge on any atom is -0.307 e. The van der Waals surface area contributed by atoms with Gasteiger partial charge in [-0.25, -0.2) is 4.57 Å². The summed E-state index contributed by atoms with van der Waals surface area (Å²) in [5, 5.41) is 9.92. The molecule has 2 nitrogen and oxygen atoms in total. The number of hydrogen-bond donors (Lipinski definition) is 0. The number of benzene rings is 4. The van der Waals surface area contributed by atoms with E-state index in [4.69, 9.17) is 0 Å². The van der Waals surface area contributed by atoms with Gasteiger partial charge in [0.15, 0.2) is 6.20 Å². The number of fused-ring (bicyclic) bond motifs is 7. The molecule has 4 aliphatic rings. The van der Waals surface area contributed by atoms with Crippen molar-refractivity contribution in [2.75, 3.05) is 0 Å². The fraction of sp³-hybridized carbons (Fsp3) is 0.324. The van der Waals surface area contributed by atoms with Crippen molar-refractivity contribution in [2.24, 2.45) is 24.8 Å². The van der Waals surface area contributed by atoms with Crippen LogP contribution in [-0.2, 0) is 12.5 Å². The summed E-state index contributed by atoms with van der Waals surface area (Å²) in [7, 11) is 2.24. The SMILES string of the molecule is Cc1c2ccccc2cc2c1c1c3c(cc[n+]1C)cc(C14CC5CC(CC(C5)C1)C4)c1c4ccccc4n2c13. The average Bonchev–Trinajstić information content (AvgIpc) is 3.28. The molecule has 4 aromatic carbocycles. The number of aryl methyl sites for hydroxylation is 2. The molecule has 7 aromatic rings. The van der Waals surface area contributed by atoms with Crippen molar-refractivity contribution >= 4 is 59.8 Å². The van der Waals surface area contributed by atoms with Crippen LogP contribution in [0.2, 0.25) is 0 Å². The lowest BCUT2D eigenvalue weighted by Gasteiger charge is -2.57. The first-order valence-corrected chi connectivity index (χ1v) is 15.0. The zero-order valence-corrected chi connectivity index (χ0v) is 22.8. The van der Waals surface area contributed by atoms with Gasteiger partial charge in [0.1, 0.15) is 7.05 Å². The van der Waals surface area contributed by atoms with Crippen molar-refractivity contribution in [3.8, 4) is 0 Å². The summed E-state index contributed by atoms with van der Waals surface area (Å²) in [6.07, 6.45) is 10.9. The third-order valence-corrected chi connectivity index (χ3v) is 11.4. The molecule has 2 heteroatoms. The van der Waals surface area contributed by atoms with Gasteiger partial charge in [0, 0.05) is 16.8 Å². The molecule has 4 saturated carbocycles. The molecule has 3 heterocycles. The number of nitrogens with zero attached hydrogens (tertiary/aromatic N) is 2. The fourth-order valence-electron chi connectivity index (χ4n) is 10.4. The second kappa shape index (κ2) is 6.91. The number of hydrogen-bond acceptors (Lipinski definition) is 0. The molecule has 0 spiro atoms. The summed E-state index contributed by atoms with van der Waals surface area (Å²) in [6, 6.07) is 25.7. The van der Waals surface area contributed by atoms with Gasteiger partial charge in [-0.2, -0.15) is 0 Å². The lowest BCUT2D eigenvalue weighted by atomic mass is 9.47. The van der Waals surface area contributed by atoms with Gasteiger partial charge in [0.2, 0.25) is 5.52 Å². The van der Waals surface area contributed by atoms with E-state index in [9.17, 15) is 0 Å². The van der Waals surface area contributed by atoms with Crippen molar-refractivity contribution < 1.29 is 4.57 Å². The number of rotatable bonds is 1. The zero-order valence-electron chi connectivity index (χ0n) is 22.8. The topological polar surface area (TPSA) is 8.29 Å². The minimum atomic E-state index is 0.343. The van der Waals surface area contributed by atoms with Crippen molar-refractivity contribution in [3.05, 3.63) is 84.1 Å². The van der Waals surface area contributed by atoms with E-state index >= 15 is 0 Å². The number of para-hydroxylation sites is 1. The van der Waals surface area contributed by atoms with Gasteiger partial charge in [-0.05, 0) is 114 Å². The van der Waals surface area contributed by atoms with E-state index in [1.807, 2.05) is 0 Å². The van der Waals surface area contributed by atoms with Gasteiger partial charge in [0.25, 0.3) is 0 Å². The molecule has 39 heavy (non-hydrogen) atoms. The van der Waals surface area contributed by atoms with Crippen LogP contribution in [0.3, 0.4) is 0 Å². The maximum atomic E-state index is 2.66. The van der Waals surface area contributed by atoms with Crippen LogP contribution in [0.15, 0.2) is 72.9 Å². The molecule has 0 unspecified atom stereocenters. The summed E-state index contributed by atoms with van der Waals surface area (Å²) in [4.78, 5) is 0. The van der Waals surface area contributed by atoms with Gasteiger partial charge in [-0.3, -0.25) is 0 Å². The first kappa shape index (κ1) is 21.2. The molecule has 0 atom stereocenters. The molecule has 0 saturated heterocycles. The largest absolute Gasteiger partial charge is 0.307 e. The number of aromatic nitrogens is 2. The summed E-state index contributed by atoms with van der Waals surface area (Å²) in [6.45, 7) is 2.33. The van der Waals surface area contributed by atoms with Crippen LogP contribution in [0.5, 0.6) is 0 Å². The quantitative estimate of drug-likeness (QED) is 0.120. The Balaban J connectivity index is 1.49. The molecule has 4 aliphatic carbocycles. The average molecular weight is 506 g/mol. The van der Waals surface area contributed by atoms with Gasteiger partial charge in [-0.1, -0.05) is 42.5 Å². The molecule has 11 rings (SSSR count). The summed E-state index contributed by atoms with van der Waals surface area (Å²) < 4.78 is 5.03. The van der Waals surface area contributed by atoms with Crippen LogP contribution in [-0.4, -0.2) is 4.40 Å². The van der Waals surface area contributed by atoms with Crippen molar-refractivity contribution in [2.45, 2.75) is 50.9 Å². The summed E-state index contributed by atoms with van der Waals surface area (Å²) in [5.74, 6) is 2.80. The van der Waals surface area contributed by atoms with E-state index in [-0.39, 0.29) is 0 Å². The molecular weight excluding hydrogens is 472 g/mol. The first-order valence-electron chi connectivity index (χ1n) is 15.0. The van der Waals surface area contributed by atoms with Crippen LogP contribution in [0.4, 0.5) is 0 Å². The van der Waals surface area contributed by atoms with Gasteiger partial charge in [-0.15, -0.1) is 0 Å².